The second kappa shape index (κ2) is 5.85. The molecule has 0 bridgehead atoms. The van der Waals surface area contributed by atoms with Gasteiger partial charge in [0, 0.05) is 0 Å². The molecule has 1 rings (SSSR count). The first-order valence-electron chi connectivity index (χ1n) is 3.31. The van der Waals surface area contributed by atoms with E-state index >= 15 is 0 Å². The molecular formula is C7H12O4. The first-order chi connectivity index (χ1) is 5.16. The van der Waals surface area contributed by atoms with Crippen molar-refractivity contribution in [2.45, 2.75) is 13.3 Å². The number of ether oxygens (including phenoxy) is 2. The van der Waals surface area contributed by atoms with E-state index in [0.29, 0.717) is 0 Å². The Labute approximate surface area is 65.5 Å². The van der Waals surface area contributed by atoms with Gasteiger partial charge in [-0.3, -0.25) is 9.59 Å². The van der Waals surface area contributed by atoms with Crippen molar-refractivity contribution >= 4 is 11.8 Å². The minimum absolute atomic E-state index is 0.115. The van der Waals surface area contributed by atoms with Gasteiger partial charge >= 0.3 is 5.97 Å². The van der Waals surface area contributed by atoms with Crippen LogP contribution in [0.15, 0.2) is 0 Å². The molecule has 0 atom stereocenters. The van der Waals surface area contributed by atoms with Crippen molar-refractivity contribution in [3.63, 3.8) is 0 Å². The number of hydrogen-bond donors (Lipinski definition) is 0. The van der Waals surface area contributed by atoms with Gasteiger partial charge in [-0.05, 0) is 6.92 Å². The van der Waals surface area contributed by atoms with Crippen LogP contribution in [0.5, 0.6) is 0 Å². The number of hydrogen-bond acceptors (Lipinski definition) is 4. The lowest BCUT2D eigenvalue weighted by atomic mass is 10.3. The van der Waals surface area contributed by atoms with Gasteiger partial charge in [-0.1, -0.05) is 0 Å². The lowest BCUT2D eigenvalue weighted by Gasteiger charge is -1.90. The van der Waals surface area contributed by atoms with Crippen LogP contribution >= 0.6 is 0 Å². The third-order valence-electron chi connectivity index (χ3n) is 0.825. The molecule has 0 unspecified atom stereocenters. The van der Waals surface area contributed by atoms with Crippen LogP contribution in [0.2, 0.25) is 0 Å². The van der Waals surface area contributed by atoms with E-state index in [1.165, 1.54) is 14.0 Å². The standard InChI is InChI=1S/C5H8O3.C2H4O/c1-4(6)3-5(7)8-2;1-2-3-1/h3H2,1-2H3;1-2H2. The second-order valence-electron chi connectivity index (χ2n) is 2.07. The number of carbonyl (C=O) groups excluding carboxylic acids is 2. The summed E-state index contributed by atoms with van der Waals surface area (Å²) >= 11 is 0. The van der Waals surface area contributed by atoms with Crippen molar-refractivity contribution in [3.05, 3.63) is 0 Å². The molecule has 64 valence electrons. The number of esters is 1. The molecule has 0 aromatic carbocycles. The first-order valence-corrected chi connectivity index (χ1v) is 3.31. The number of epoxide rings is 1. The van der Waals surface area contributed by atoms with Crippen LogP contribution in [-0.4, -0.2) is 32.1 Å². The Morgan fingerprint density at radius 3 is 2.00 bits per heavy atom. The first kappa shape index (κ1) is 10.1. The molecule has 0 spiro atoms. The van der Waals surface area contributed by atoms with Gasteiger partial charge in [0.25, 0.3) is 0 Å². The molecule has 1 saturated heterocycles. The minimum Gasteiger partial charge on any atom is -0.469 e. The van der Waals surface area contributed by atoms with E-state index in [9.17, 15) is 9.59 Å². The van der Waals surface area contributed by atoms with Crippen LogP contribution in [0.25, 0.3) is 0 Å². The molecule has 0 amide bonds. The van der Waals surface area contributed by atoms with E-state index in [-0.39, 0.29) is 12.2 Å². The molecule has 0 aromatic heterocycles. The quantitative estimate of drug-likeness (QED) is 0.328. The van der Waals surface area contributed by atoms with Crippen molar-refractivity contribution in [2.75, 3.05) is 20.3 Å². The molecule has 4 heteroatoms. The van der Waals surface area contributed by atoms with E-state index < -0.39 is 5.97 Å². The Morgan fingerprint density at radius 2 is 1.91 bits per heavy atom. The molecule has 0 radical (unpaired) electrons. The fourth-order valence-corrected chi connectivity index (χ4v) is 0.275. The molecular weight excluding hydrogens is 148 g/mol. The molecule has 4 nitrogen and oxygen atoms in total. The topological polar surface area (TPSA) is 55.9 Å². The van der Waals surface area contributed by atoms with E-state index in [4.69, 9.17) is 0 Å². The molecule has 11 heavy (non-hydrogen) atoms. The second-order valence-corrected chi connectivity index (χ2v) is 2.07. The average Bonchev–Trinajstić information content (AvgIpc) is 2.70. The summed E-state index contributed by atoms with van der Waals surface area (Å²) in [4.78, 5) is 20.3. The Morgan fingerprint density at radius 1 is 1.45 bits per heavy atom. The zero-order chi connectivity index (χ0) is 8.69. The van der Waals surface area contributed by atoms with Crippen LogP contribution < -0.4 is 0 Å². The molecule has 0 saturated carbocycles. The van der Waals surface area contributed by atoms with Gasteiger partial charge in [0.05, 0.1) is 20.3 Å². The number of ketones is 1. The van der Waals surface area contributed by atoms with Gasteiger partial charge in [0.1, 0.15) is 12.2 Å². The highest BCUT2D eigenvalue weighted by Gasteiger charge is 2.01. The molecule has 1 aliphatic rings. The average molecular weight is 160 g/mol. The summed E-state index contributed by atoms with van der Waals surface area (Å²) in [6, 6.07) is 0. The van der Waals surface area contributed by atoms with Crippen molar-refractivity contribution < 1.29 is 19.1 Å². The normalized spacial score (nSPS) is 12.5. The lowest BCUT2D eigenvalue weighted by molar-refractivity contribution is -0.142. The SMILES string of the molecule is C1CO1.COC(=O)CC(C)=O. The van der Waals surface area contributed by atoms with Gasteiger partial charge < -0.3 is 9.47 Å². The van der Waals surface area contributed by atoms with E-state index in [1.807, 2.05) is 0 Å². The van der Waals surface area contributed by atoms with E-state index in [1.54, 1.807) is 0 Å². The smallest absolute Gasteiger partial charge is 0.313 e. The van der Waals surface area contributed by atoms with E-state index in [2.05, 4.69) is 9.47 Å². The minimum atomic E-state index is -0.475. The Kier molecular flexibility index (Phi) is 5.37. The zero-order valence-electron chi connectivity index (χ0n) is 6.75. The predicted molar refractivity (Wildman–Crippen MR) is 38.1 cm³/mol. The number of rotatable bonds is 2. The van der Waals surface area contributed by atoms with Gasteiger partial charge in [0.15, 0.2) is 0 Å². The Balaban J connectivity index is 0.000000271. The van der Waals surface area contributed by atoms with Gasteiger partial charge in [-0.25, -0.2) is 0 Å². The van der Waals surface area contributed by atoms with Crippen molar-refractivity contribution in [2.24, 2.45) is 0 Å². The number of carbonyl (C=O) groups is 2. The van der Waals surface area contributed by atoms with Crippen LogP contribution in [0.3, 0.4) is 0 Å². The van der Waals surface area contributed by atoms with Crippen LogP contribution in [0.1, 0.15) is 13.3 Å². The summed E-state index contributed by atoms with van der Waals surface area (Å²) < 4.78 is 8.70. The van der Waals surface area contributed by atoms with Crippen LogP contribution in [0, 0.1) is 0 Å². The number of methoxy groups -OCH3 is 1. The monoisotopic (exact) mass is 160 g/mol. The van der Waals surface area contributed by atoms with Crippen molar-refractivity contribution in [3.8, 4) is 0 Å². The number of Topliss-reactive ketones (excluding diaryl/α,β-unsaturated/α-hetero) is 1. The van der Waals surface area contributed by atoms with Gasteiger partial charge in [-0.2, -0.15) is 0 Å². The molecule has 1 heterocycles. The summed E-state index contributed by atoms with van der Waals surface area (Å²) in [5, 5.41) is 0. The molecule has 0 aliphatic carbocycles. The molecule has 0 aromatic rings. The third kappa shape index (κ3) is 12.3. The summed E-state index contributed by atoms with van der Waals surface area (Å²) in [5.74, 6) is -0.644. The molecule has 1 fully saturated rings. The summed E-state index contributed by atoms with van der Waals surface area (Å²) in [5.41, 5.74) is 0. The lowest BCUT2D eigenvalue weighted by Crippen LogP contribution is -2.05. The fraction of sp³-hybridized carbons (Fsp3) is 0.714. The molecule has 0 N–H and O–H groups in total. The van der Waals surface area contributed by atoms with Gasteiger partial charge in [-0.15, -0.1) is 0 Å². The highest BCUT2D eigenvalue weighted by Crippen LogP contribution is 1.84. The van der Waals surface area contributed by atoms with Crippen LogP contribution in [-0.2, 0) is 19.1 Å². The Bertz CT molecular complexity index is 137. The zero-order valence-corrected chi connectivity index (χ0v) is 6.75. The summed E-state index contributed by atoms with van der Waals surface area (Å²) in [7, 11) is 1.26. The maximum atomic E-state index is 10.2. The predicted octanol–water partition coefficient (Wildman–Crippen LogP) is 0.155. The largest absolute Gasteiger partial charge is 0.469 e. The molecule has 1 aliphatic heterocycles. The van der Waals surface area contributed by atoms with E-state index in [0.717, 1.165) is 13.2 Å². The van der Waals surface area contributed by atoms with Gasteiger partial charge in [0.2, 0.25) is 0 Å². The van der Waals surface area contributed by atoms with Crippen LogP contribution in [0.4, 0.5) is 0 Å². The van der Waals surface area contributed by atoms with Crippen molar-refractivity contribution in [1.29, 1.82) is 0 Å². The maximum absolute atomic E-state index is 10.2. The summed E-state index contributed by atoms with van der Waals surface area (Å²) in [6.45, 7) is 3.34. The summed E-state index contributed by atoms with van der Waals surface area (Å²) in [6.07, 6.45) is -0.115. The Hall–Kier alpha value is -0.900. The third-order valence-corrected chi connectivity index (χ3v) is 0.825. The highest BCUT2D eigenvalue weighted by molar-refractivity contribution is 5.93. The highest BCUT2D eigenvalue weighted by atomic mass is 16.6. The maximum Gasteiger partial charge on any atom is 0.313 e. The van der Waals surface area contributed by atoms with Crippen molar-refractivity contribution in [1.82, 2.24) is 0 Å². The fourth-order valence-electron chi connectivity index (χ4n) is 0.275.